The summed E-state index contributed by atoms with van der Waals surface area (Å²) < 4.78 is 37.3. The van der Waals surface area contributed by atoms with Crippen molar-refractivity contribution in [2.24, 2.45) is 5.92 Å². The summed E-state index contributed by atoms with van der Waals surface area (Å²) in [4.78, 5) is 12.0. The number of alkyl halides is 3. The molecule has 1 aromatic heterocycles. The summed E-state index contributed by atoms with van der Waals surface area (Å²) in [6, 6.07) is 1.64. The van der Waals surface area contributed by atoms with Crippen molar-refractivity contribution in [1.29, 1.82) is 0 Å². The largest absolute Gasteiger partial charge is 0.408 e. The molecule has 0 bridgehead atoms. The Balaban J connectivity index is 0.00000220. The number of carbonyl (C=O) groups is 1. The molecule has 1 aliphatic heterocycles. The highest BCUT2D eigenvalue weighted by Crippen LogP contribution is 2.20. The van der Waals surface area contributed by atoms with E-state index in [1.807, 2.05) is 6.92 Å². The van der Waals surface area contributed by atoms with Gasteiger partial charge in [0.25, 0.3) is 0 Å². The number of nitrogens with one attached hydrogen (secondary N) is 2. The Kier molecular flexibility index (Phi) is 6.03. The van der Waals surface area contributed by atoms with Crippen molar-refractivity contribution >= 4 is 24.1 Å². The highest BCUT2D eigenvalue weighted by molar-refractivity contribution is 5.91. The van der Waals surface area contributed by atoms with Gasteiger partial charge in [0, 0.05) is 24.2 Å². The molecule has 0 aliphatic carbocycles. The maximum Gasteiger partial charge on any atom is 0.408 e. The van der Waals surface area contributed by atoms with Crippen molar-refractivity contribution in [3.8, 4) is 0 Å². The first-order chi connectivity index (χ1) is 9.33. The first-order valence-corrected chi connectivity index (χ1v) is 6.48. The number of anilines is 1. The molecule has 2 N–H and O–H groups in total. The predicted octanol–water partition coefficient (Wildman–Crippen LogP) is 2.19. The molecule has 2 heterocycles. The van der Waals surface area contributed by atoms with Crippen LogP contribution in [0.3, 0.4) is 0 Å². The molecule has 9 heteroatoms. The fourth-order valence-corrected chi connectivity index (χ4v) is 2.30. The Labute approximate surface area is 126 Å². The Bertz CT molecular complexity index is 477. The SMILES string of the molecule is C[C@H]1C[C@@H](C(=O)Nc2ccn(CC(F)(F)F)n2)CCN1.Cl. The minimum Gasteiger partial charge on any atom is -0.314 e. The molecule has 0 unspecified atom stereocenters. The number of hydrogen-bond acceptors (Lipinski definition) is 3. The molecule has 1 aromatic rings. The third-order valence-corrected chi connectivity index (χ3v) is 3.23. The van der Waals surface area contributed by atoms with Crippen molar-refractivity contribution in [3.63, 3.8) is 0 Å². The van der Waals surface area contributed by atoms with Gasteiger partial charge in [0.05, 0.1) is 0 Å². The molecule has 5 nitrogen and oxygen atoms in total. The van der Waals surface area contributed by atoms with Crippen LogP contribution in [0.2, 0.25) is 0 Å². The van der Waals surface area contributed by atoms with Gasteiger partial charge >= 0.3 is 6.18 Å². The van der Waals surface area contributed by atoms with Gasteiger partial charge in [0.15, 0.2) is 5.82 Å². The Morgan fingerprint density at radius 2 is 2.29 bits per heavy atom. The first-order valence-electron chi connectivity index (χ1n) is 6.48. The highest BCUT2D eigenvalue weighted by atomic mass is 35.5. The second kappa shape index (κ2) is 7.13. The van der Waals surface area contributed by atoms with E-state index in [-0.39, 0.29) is 36.1 Å². The lowest BCUT2D eigenvalue weighted by molar-refractivity contribution is -0.142. The number of aromatic nitrogens is 2. The van der Waals surface area contributed by atoms with Crippen molar-refractivity contribution in [2.75, 3.05) is 11.9 Å². The zero-order valence-electron chi connectivity index (χ0n) is 11.5. The lowest BCUT2D eigenvalue weighted by atomic mass is 9.92. The molecule has 0 spiro atoms. The van der Waals surface area contributed by atoms with Crippen LogP contribution in [0.25, 0.3) is 0 Å². The Hall–Kier alpha value is -1.28. The molecule has 0 radical (unpaired) electrons. The van der Waals surface area contributed by atoms with E-state index in [1.165, 1.54) is 12.3 Å². The minimum absolute atomic E-state index is 0. The van der Waals surface area contributed by atoms with E-state index in [9.17, 15) is 18.0 Å². The average molecular weight is 327 g/mol. The monoisotopic (exact) mass is 326 g/mol. The van der Waals surface area contributed by atoms with Crippen LogP contribution in [-0.4, -0.2) is 34.5 Å². The van der Waals surface area contributed by atoms with Crippen LogP contribution in [0.5, 0.6) is 0 Å². The van der Waals surface area contributed by atoms with Gasteiger partial charge in [-0.2, -0.15) is 18.3 Å². The van der Waals surface area contributed by atoms with E-state index in [1.54, 1.807) is 0 Å². The summed E-state index contributed by atoms with van der Waals surface area (Å²) in [5, 5.41) is 9.51. The van der Waals surface area contributed by atoms with Crippen LogP contribution < -0.4 is 10.6 Å². The van der Waals surface area contributed by atoms with Gasteiger partial charge in [-0.1, -0.05) is 0 Å². The van der Waals surface area contributed by atoms with Gasteiger partial charge in [0.1, 0.15) is 6.54 Å². The molecule has 1 aliphatic rings. The van der Waals surface area contributed by atoms with E-state index < -0.39 is 12.7 Å². The molecule has 21 heavy (non-hydrogen) atoms. The Morgan fingerprint density at radius 1 is 1.57 bits per heavy atom. The van der Waals surface area contributed by atoms with Gasteiger partial charge < -0.3 is 10.6 Å². The molecule has 120 valence electrons. The summed E-state index contributed by atoms with van der Waals surface area (Å²) >= 11 is 0. The maximum atomic E-state index is 12.2. The van der Waals surface area contributed by atoms with Crippen molar-refractivity contribution in [2.45, 2.75) is 38.5 Å². The van der Waals surface area contributed by atoms with E-state index in [0.717, 1.165) is 24.1 Å². The third kappa shape index (κ3) is 5.55. The number of amides is 1. The second-order valence-corrected chi connectivity index (χ2v) is 5.08. The molecule has 1 saturated heterocycles. The first kappa shape index (κ1) is 17.8. The molecule has 1 amide bonds. The standard InChI is InChI=1S/C12H17F3N4O.ClH/c1-8-6-9(2-4-16-8)11(20)17-10-3-5-19(18-10)7-12(13,14)15;/h3,5,8-9,16H,2,4,6-7H2,1H3,(H,17,18,20);1H/t8-,9-;/m0./s1. The highest BCUT2D eigenvalue weighted by Gasteiger charge is 2.29. The van der Waals surface area contributed by atoms with Crippen molar-refractivity contribution in [3.05, 3.63) is 12.3 Å². The van der Waals surface area contributed by atoms with Crippen LogP contribution in [0, 0.1) is 5.92 Å². The molecule has 2 atom stereocenters. The third-order valence-electron chi connectivity index (χ3n) is 3.23. The molecule has 0 saturated carbocycles. The molecule has 1 fully saturated rings. The number of halogens is 4. The van der Waals surface area contributed by atoms with E-state index in [4.69, 9.17) is 0 Å². The predicted molar refractivity (Wildman–Crippen MR) is 74.3 cm³/mol. The molecule has 0 aromatic carbocycles. The summed E-state index contributed by atoms with van der Waals surface area (Å²) in [5.74, 6) is -0.153. The van der Waals surface area contributed by atoms with Crippen molar-refractivity contribution < 1.29 is 18.0 Å². The van der Waals surface area contributed by atoms with Crippen LogP contribution in [0.4, 0.5) is 19.0 Å². The zero-order valence-corrected chi connectivity index (χ0v) is 12.3. The van der Waals surface area contributed by atoms with Crippen LogP contribution in [0.1, 0.15) is 19.8 Å². The summed E-state index contributed by atoms with van der Waals surface area (Å²) in [6.45, 7) is 1.60. The quantitative estimate of drug-likeness (QED) is 0.895. The number of rotatable bonds is 3. The number of hydrogen-bond donors (Lipinski definition) is 2. The summed E-state index contributed by atoms with van der Waals surface area (Å²) in [7, 11) is 0. The fraction of sp³-hybridized carbons (Fsp3) is 0.667. The number of nitrogens with zero attached hydrogens (tertiary/aromatic N) is 2. The van der Waals surface area contributed by atoms with Gasteiger partial charge in [-0.15, -0.1) is 12.4 Å². The Morgan fingerprint density at radius 3 is 2.90 bits per heavy atom. The average Bonchev–Trinajstić information content (AvgIpc) is 2.74. The lowest BCUT2D eigenvalue weighted by Gasteiger charge is -2.26. The smallest absolute Gasteiger partial charge is 0.314 e. The van der Waals surface area contributed by atoms with Gasteiger partial charge in [-0.25, -0.2) is 0 Å². The lowest BCUT2D eigenvalue weighted by Crippen LogP contribution is -2.40. The number of carbonyl (C=O) groups excluding carboxylic acids is 1. The minimum atomic E-state index is -4.32. The van der Waals surface area contributed by atoms with Crippen LogP contribution >= 0.6 is 12.4 Å². The summed E-state index contributed by atoms with van der Waals surface area (Å²) in [5.41, 5.74) is 0. The maximum absolute atomic E-state index is 12.2. The second-order valence-electron chi connectivity index (χ2n) is 5.08. The van der Waals surface area contributed by atoms with Gasteiger partial charge in [-0.05, 0) is 26.3 Å². The van der Waals surface area contributed by atoms with E-state index >= 15 is 0 Å². The topological polar surface area (TPSA) is 59.0 Å². The van der Waals surface area contributed by atoms with E-state index in [2.05, 4.69) is 15.7 Å². The normalized spacial score (nSPS) is 22.5. The molecular weight excluding hydrogens is 309 g/mol. The van der Waals surface area contributed by atoms with Gasteiger partial charge in [0.2, 0.25) is 5.91 Å². The van der Waals surface area contributed by atoms with Crippen LogP contribution in [-0.2, 0) is 11.3 Å². The zero-order chi connectivity index (χ0) is 14.8. The molecule has 2 rings (SSSR count). The summed E-state index contributed by atoms with van der Waals surface area (Å²) in [6.07, 6.45) is -1.68. The van der Waals surface area contributed by atoms with Crippen molar-refractivity contribution in [1.82, 2.24) is 15.1 Å². The fourth-order valence-electron chi connectivity index (χ4n) is 2.30. The van der Waals surface area contributed by atoms with Crippen LogP contribution in [0.15, 0.2) is 12.3 Å². The number of piperidine rings is 1. The van der Waals surface area contributed by atoms with E-state index in [0.29, 0.717) is 0 Å². The van der Waals surface area contributed by atoms with Gasteiger partial charge in [-0.3, -0.25) is 9.48 Å². The molecular formula is C12H18ClF3N4O.